The Bertz CT molecular complexity index is 323. The number of hydrogen-bond donors (Lipinski definition) is 1. The minimum Gasteiger partial charge on any atom is -0.384 e. The van der Waals surface area contributed by atoms with Gasteiger partial charge in [-0.25, -0.2) is 0 Å². The van der Waals surface area contributed by atoms with E-state index in [-0.39, 0.29) is 5.41 Å². The van der Waals surface area contributed by atoms with E-state index in [0.29, 0.717) is 0 Å². The number of hydrogen-bond acceptors (Lipinski definition) is 2. The minimum absolute atomic E-state index is 0.282. The van der Waals surface area contributed by atoms with E-state index < -0.39 is 0 Å². The molecule has 0 aliphatic carbocycles. The van der Waals surface area contributed by atoms with Crippen molar-refractivity contribution in [2.24, 2.45) is 5.41 Å². The van der Waals surface area contributed by atoms with Crippen molar-refractivity contribution in [2.75, 3.05) is 17.7 Å². The molecule has 1 aromatic rings. The Morgan fingerprint density at radius 3 is 2.81 bits per heavy atom. The van der Waals surface area contributed by atoms with Crippen molar-refractivity contribution >= 4 is 17.3 Å². The van der Waals surface area contributed by atoms with Crippen LogP contribution in [0.5, 0.6) is 0 Å². The minimum atomic E-state index is 0.282. The summed E-state index contributed by atoms with van der Waals surface area (Å²) >= 11 is 5.72. The van der Waals surface area contributed by atoms with Gasteiger partial charge < -0.3 is 5.32 Å². The number of anilines is 1. The second-order valence-corrected chi connectivity index (χ2v) is 5.38. The van der Waals surface area contributed by atoms with Crippen molar-refractivity contribution in [3.63, 3.8) is 0 Å². The first-order valence-electron chi connectivity index (χ1n) is 5.76. The number of nitrogens with one attached hydrogen (secondary N) is 1. The summed E-state index contributed by atoms with van der Waals surface area (Å²) in [4.78, 5) is 4.08. The van der Waals surface area contributed by atoms with Crippen LogP contribution in [0.15, 0.2) is 18.5 Å². The summed E-state index contributed by atoms with van der Waals surface area (Å²) in [5.74, 6) is 0.748. The van der Waals surface area contributed by atoms with Gasteiger partial charge >= 0.3 is 0 Å². The van der Waals surface area contributed by atoms with Crippen molar-refractivity contribution < 1.29 is 0 Å². The second kappa shape index (κ2) is 6.09. The Morgan fingerprint density at radius 2 is 2.19 bits per heavy atom. The molecule has 0 aromatic carbocycles. The van der Waals surface area contributed by atoms with Gasteiger partial charge in [-0.15, -0.1) is 11.6 Å². The van der Waals surface area contributed by atoms with E-state index in [1.54, 1.807) is 0 Å². The summed E-state index contributed by atoms with van der Waals surface area (Å²) in [5.41, 5.74) is 2.65. The van der Waals surface area contributed by atoms with Crippen molar-refractivity contribution in [3.05, 3.63) is 24.0 Å². The van der Waals surface area contributed by atoms with Crippen molar-refractivity contribution in [1.29, 1.82) is 0 Å². The fourth-order valence-electron chi connectivity index (χ4n) is 1.64. The number of halogens is 1. The monoisotopic (exact) mass is 240 g/mol. The van der Waals surface area contributed by atoms with Crippen LogP contribution >= 0.6 is 11.6 Å². The van der Waals surface area contributed by atoms with Gasteiger partial charge in [-0.2, -0.15) is 0 Å². The molecule has 0 saturated carbocycles. The highest BCUT2D eigenvalue weighted by Crippen LogP contribution is 2.24. The van der Waals surface area contributed by atoms with Crippen LogP contribution in [0, 0.1) is 12.3 Å². The number of rotatable bonds is 6. The Morgan fingerprint density at radius 1 is 1.44 bits per heavy atom. The molecule has 16 heavy (non-hydrogen) atoms. The lowest BCUT2D eigenvalue weighted by atomic mass is 9.88. The third-order valence-electron chi connectivity index (χ3n) is 2.76. The molecule has 1 rings (SSSR count). The average molecular weight is 241 g/mol. The number of aryl methyl sites for hydroxylation is 1. The Hall–Kier alpha value is -0.760. The molecular formula is C13H21ClN2. The molecule has 1 heterocycles. The largest absolute Gasteiger partial charge is 0.384 e. The Labute approximate surface area is 103 Å². The number of pyridine rings is 1. The zero-order valence-electron chi connectivity index (χ0n) is 10.4. The normalized spacial score (nSPS) is 11.5. The third-order valence-corrected chi connectivity index (χ3v) is 3.03. The molecule has 0 bridgehead atoms. The van der Waals surface area contributed by atoms with Gasteiger partial charge in [0.15, 0.2) is 0 Å². The zero-order valence-corrected chi connectivity index (χ0v) is 11.1. The number of aromatic nitrogens is 1. The van der Waals surface area contributed by atoms with Crippen LogP contribution in [0.3, 0.4) is 0 Å². The van der Waals surface area contributed by atoms with Gasteiger partial charge in [0.25, 0.3) is 0 Å². The van der Waals surface area contributed by atoms with E-state index in [1.807, 2.05) is 18.5 Å². The van der Waals surface area contributed by atoms with Gasteiger partial charge in [0.2, 0.25) is 0 Å². The van der Waals surface area contributed by atoms with Gasteiger partial charge in [0.1, 0.15) is 0 Å². The van der Waals surface area contributed by atoms with Crippen molar-refractivity contribution in [3.8, 4) is 0 Å². The highest BCUT2D eigenvalue weighted by atomic mass is 35.5. The summed E-state index contributed by atoms with van der Waals surface area (Å²) in [7, 11) is 0. The van der Waals surface area contributed by atoms with Crippen LogP contribution in [0.2, 0.25) is 0 Å². The highest BCUT2D eigenvalue weighted by Gasteiger charge is 2.17. The lowest BCUT2D eigenvalue weighted by Gasteiger charge is -2.25. The van der Waals surface area contributed by atoms with Crippen LogP contribution < -0.4 is 5.32 Å². The first-order valence-corrected chi connectivity index (χ1v) is 6.29. The third kappa shape index (κ3) is 4.40. The summed E-state index contributed by atoms with van der Waals surface area (Å²) in [6.07, 6.45) is 5.92. The maximum Gasteiger partial charge on any atom is 0.0400 e. The molecule has 1 N–H and O–H groups in total. The van der Waals surface area contributed by atoms with E-state index in [0.717, 1.165) is 25.3 Å². The molecule has 0 aliphatic rings. The molecule has 1 aromatic heterocycles. The molecule has 0 fully saturated rings. The molecule has 0 aliphatic heterocycles. The Kier molecular flexibility index (Phi) is 5.07. The lowest BCUT2D eigenvalue weighted by Crippen LogP contribution is -2.23. The first-order chi connectivity index (χ1) is 7.55. The van der Waals surface area contributed by atoms with Crippen molar-refractivity contribution in [2.45, 2.75) is 33.6 Å². The van der Waals surface area contributed by atoms with Gasteiger partial charge in [-0.3, -0.25) is 4.98 Å². The van der Waals surface area contributed by atoms with Gasteiger partial charge in [0, 0.05) is 30.5 Å². The summed E-state index contributed by atoms with van der Waals surface area (Å²) in [6, 6.07) is 2.02. The van der Waals surface area contributed by atoms with E-state index >= 15 is 0 Å². The van der Waals surface area contributed by atoms with Gasteiger partial charge in [0.05, 0.1) is 0 Å². The standard InChI is InChI=1S/C13H21ClN2/c1-11-9-15-8-5-12(11)16-10-13(2,3)6-4-7-14/h5,8-9H,4,6-7,10H2,1-3H3,(H,15,16). The molecule has 2 nitrogen and oxygen atoms in total. The van der Waals surface area contributed by atoms with Gasteiger partial charge in [-0.1, -0.05) is 13.8 Å². The maximum absolute atomic E-state index is 5.72. The summed E-state index contributed by atoms with van der Waals surface area (Å²) < 4.78 is 0. The predicted molar refractivity (Wildman–Crippen MR) is 71.2 cm³/mol. The number of alkyl halides is 1. The predicted octanol–water partition coefficient (Wildman–Crippen LogP) is 3.85. The highest BCUT2D eigenvalue weighted by molar-refractivity contribution is 6.17. The van der Waals surface area contributed by atoms with Crippen LogP contribution in [0.25, 0.3) is 0 Å². The van der Waals surface area contributed by atoms with Crippen LogP contribution in [-0.2, 0) is 0 Å². The summed E-state index contributed by atoms with van der Waals surface area (Å²) in [6.45, 7) is 7.57. The molecule has 90 valence electrons. The Balaban J connectivity index is 2.47. The van der Waals surface area contributed by atoms with Crippen molar-refractivity contribution in [1.82, 2.24) is 4.98 Å². The quantitative estimate of drug-likeness (QED) is 0.764. The SMILES string of the molecule is Cc1cnccc1NCC(C)(C)CCCCl. The molecule has 0 amide bonds. The average Bonchev–Trinajstić information content (AvgIpc) is 2.26. The summed E-state index contributed by atoms with van der Waals surface area (Å²) in [5, 5.41) is 3.48. The van der Waals surface area contributed by atoms with Crippen LogP contribution in [0.4, 0.5) is 5.69 Å². The topological polar surface area (TPSA) is 24.9 Å². The van der Waals surface area contributed by atoms with E-state index in [2.05, 4.69) is 31.1 Å². The fourth-order valence-corrected chi connectivity index (χ4v) is 1.77. The molecule has 0 radical (unpaired) electrons. The first kappa shape index (κ1) is 13.3. The van der Waals surface area contributed by atoms with Crippen LogP contribution in [0.1, 0.15) is 32.3 Å². The van der Waals surface area contributed by atoms with E-state index in [1.165, 1.54) is 11.3 Å². The maximum atomic E-state index is 5.72. The zero-order chi connectivity index (χ0) is 12.0. The van der Waals surface area contributed by atoms with Gasteiger partial charge in [-0.05, 0) is 36.8 Å². The molecule has 0 spiro atoms. The van der Waals surface area contributed by atoms with E-state index in [9.17, 15) is 0 Å². The molecule has 0 unspecified atom stereocenters. The fraction of sp³-hybridized carbons (Fsp3) is 0.615. The van der Waals surface area contributed by atoms with E-state index in [4.69, 9.17) is 11.6 Å². The smallest absolute Gasteiger partial charge is 0.0400 e. The lowest BCUT2D eigenvalue weighted by molar-refractivity contribution is 0.355. The second-order valence-electron chi connectivity index (χ2n) is 5.00. The molecule has 3 heteroatoms. The molecule has 0 atom stereocenters. The number of nitrogens with zero attached hydrogens (tertiary/aromatic N) is 1. The molecular weight excluding hydrogens is 220 g/mol. The molecule has 0 saturated heterocycles. The van der Waals surface area contributed by atoms with Crippen LogP contribution in [-0.4, -0.2) is 17.4 Å².